The van der Waals surface area contributed by atoms with Gasteiger partial charge in [0.1, 0.15) is 11.0 Å². The summed E-state index contributed by atoms with van der Waals surface area (Å²) in [5.41, 5.74) is 2.96. The number of aromatic nitrogens is 3. The van der Waals surface area contributed by atoms with Crippen LogP contribution in [0.15, 0.2) is 18.2 Å². The molecule has 0 spiro atoms. The number of aryl methyl sites for hydroxylation is 1. The van der Waals surface area contributed by atoms with Crippen LogP contribution in [-0.4, -0.2) is 14.4 Å². The molecule has 0 bridgehead atoms. The fourth-order valence-electron chi connectivity index (χ4n) is 1.01. The summed E-state index contributed by atoms with van der Waals surface area (Å²) in [6.45, 7) is 2.02. The molecule has 1 heterocycles. The second-order valence-corrected chi connectivity index (χ2v) is 2.82. The molecule has 0 N–H and O–H groups in total. The van der Waals surface area contributed by atoms with Crippen molar-refractivity contribution in [1.82, 2.24) is 14.4 Å². The Morgan fingerprint density at radius 3 is 2.82 bits per heavy atom. The first kappa shape index (κ1) is 6.67. The maximum atomic E-state index is 4.04. The highest BCUT2D eigenvalue weighted by atomic mass is 32.1. The van der Waals surface area contributed by atoms with E-state index in [-0.39, 0.29) is 0 Å². The largest absolute Gasteiger partial charge is 0.142 e. The molecule has 1 aromatic carbocycles. The normalized spacial score (nSPS) is 10.7. The van der Waals surface area contributed by atoms with Gasteiger partial charge in [-0.1, -0.05) is 6.07 Å². The smallest absolute Gasteiger partial charge is 0.114 e. The van der Waals surface area contributed by atoms with Crippen molar-refractivity contribution in [2.24, 2.45) is 0 Å². The molecule has 0 saturated carbocycles. The number of fused-ring (bicyclic) bond motifs is 1. The lowest BCUT2D eigenvalue weighted by atomic mass is 10.2. The Hall–Kier alpha value is -1.03. The molecular formula is C7H7N3S. The van der Waals surface area contributed by atoms with Crippen LogP contribution in [0.2, 0.25) is 0 Å². The van der Waals surface area contributed by atoms with Crippen LogP contribution in [0.3, 0.4) is 0 Å². The summed E-state index contributed by atoms with van der Waals surface area (Å²) in [6, 6.07) is 5.92. The average molecular weight is 165 g/mol. The quantitative estimate of drug-likeness (QED) is 0.599. The number of nitrogens with zero attached hydrogens (tertiary/aromatic N) is 3. The van der Waals surface area contributed by atoms with Crippen molar-refractivity contribution in [3.05, 3.63) is 23.8 Å². The molecule has 11 heavy (non-hydrogen) atoms. The van der Waals surface area contributed by atoms with E-state index in [1.165, 1.54) is 9.77 Å². The van der Waals surface area contributed by atoms with Gasteiger partial charge in [0.25, 0.3) is 0 Å². The van der Waals surface area contributed by atoms with Crippen LogP contribution < -0.4 is 0 Å². The van der Waals surface area contributed by atoms with Gasteiger partial charge in [-0.3, -0.25) is 0 Å². The van der Waals surface area contributed by atoms with Gasteiger partial charge in [-0.15, -0.1) is 14.4 Å². The fourth-order valence-corrected chi connectivity index (χ4v) is 1.21. The number of benzene rings is 1. The monoisotopic (exact) mass is 165 g/mol. The van der Waals surface area contributed by atoms with Crippen LogP contribution in [0.4, 0.5) is 0 Å². The predicted molar refractivity (Wildman–Crippen MR) is 46.6 cm³/mol. The minimum Gasteiger partial charge on any atom is -0.142 e. The highest BCUT2D eigenvalue weighted by Gasteiger charge is 1.98. The molecule has 56 valence electrons. The summed E-state index contributed by atoms with van der Waals surface area (Å²) in [5.74, 6) is 0. The molecule has 0 aliphatic heterocycles. The summed E-state index contributed by atoms with van der Waals surface area (Å²) >= 11 is 3.97. The van der Waals surface area contributed by atoms with Gasteiger partial charge >= 0.3 is 0 Å². The van der Waals surface area contributed by atoms with E-state index in [9.17, 15) is 0 Å². The topological polar surface area (TPSA) is 30.7 Å². The molecule has 0 fully saturated rings. The second kappa shape index (κ2) is 2.23. The Morgan fingerprint density at radius 1 is 1.27 bits per heavy atom. The van der Waals surface area contributed by atoms with Gasteiger partial charge in [0.2, 0.25) is 0 Å². The number of thiol groups is 1. The first-order chi connectivity index (χ1) is 5.25. The second-order valence-electron chi connectivity index (χ2n) is 2.46. The molecule has 0 unspecified atom stereocenters. The van der Waals surface area contributed by atoms with E-state index in [1.54, 1.807) is 0 Å². The summed E-state index contributed by atoms with van der Waals surface area (Å²) in [5, 5.41) is 8.07. The third-order valence-corrected chi connectivity index (χ3v) is 1.70. The molecule has 2 rings (SSSR count). The van der Waals surface area contributed by atoms with Gasteiger partial charge in [0.05, 0.1) is 0 Å². The molecule has 0 atom stereocenters. The Bertz CT molecular complexity index is 393. The van der Waals surface area contributed by atoms with Gasteiger partial charge in [0, 0.05) is 0 Å². The van der Waals surface area contributed by atoms with Crippen LogP contribution in [0.25, 0.3) is 11.0 Å². The van der Waals surface area contributed by atoms with Gasteiger partial charge in [-0.25, -0.2) is 0 Å². The van der Waals surface area contributed by atoms with Crippen molar-refractivity contribution < 1.29 is 0 Å². The Labute approximate surface area is 69.6 Å². The maximum Gasteiger partial charge on any atom is 0.114 e. The van der Waals surface area contributed by atoms with Crippen molar-refractivity contribution in [1.29, 1.82) is 0 Å². The Morgan fingerprint density at radius 2 is 2.00 bits per heavy atom. The highest BCUT2D eigenvalue weighted by Crippen LogP contribution is 2.10. The summed E-state index contributed by atoms with van der Waals surface area (Å²) in [6.07, 6.45) is 0. The zero-order valence-electron chi connectivity index (χ0n) is 6.02. The Balaban J connectivity index is 2.82. The maximum absolute atomic E-state index is 4.04. The predicted octanol–water partition coefficient (Wildman–Crippen LogP) is 1.43. The van der Waals surface area contributed by atoms with Gasteiger partial charge in [-0.05, 0) is 37.4 Å². The molecule has 2 aromatic rings. The lowest BCUT2D eigenvalue weighted by Gasteiger charge is -1.86. The summed E-state index contributed by atoms with van der Waals surface area (Å²) in [4.78, 5) is 0. The molecule has 0 aliphatic rings. The summed E-state index contributed by atoms with van der Waals surface area (Å²) < 4.78 is 1.28. The molecule has 0 aliphatic carbocycles. The first-order valence-corrected chi connectivity index (χ1v) is 3.69. The first-order valence-electron chi connectivity index (χ1n) is 3.29. The zero-order valence-corrected chi connectivity index (χ0v) is 6.92. The van der Waals surface area contributed by atoms with Crippen LogP contribution >= 0.6 is 12.8 Å². The van der Waals surface area contributed by atoms with Crippen molar-refractivity contribution >= 4 is 23.8 Å². The molecule has 0 radical (unpaired) electrons. The van der Waals surface area contributed by atoms with Crippen molar-refractivity contribution in [3.63, 3.8) is 0 Å². The third kappa shape index (κ3) is 1.09. The fraction of sp³-hybridized carbons (Fsp3) is 0.143. The van der Waals surface area contributed by atoms with E-state index in [0.717, 1.165) is 11.0 Å². The van der Waals surface area contributed by atoms with E-state index >= 15 is 0 Å². The van der Waals surface area contributed by atoms with Crippen molar-refractivity contribution in [2.75, 3.05) is 0 Å². The van der Waals surface area contributed by atoms with Crippen LogP contribution in [0.5, 0.6) is 0 Å². The lowest BCUT2D eigenvalue weighted by Crippen LogP contribution is -1.81. The van der Waals surface area contributed by atoms with Crippen LogP contribution in [0, 0.1) is 6.92 Å². The zero-order chi connectivity index (χ0) is 7.84. The van der Waals surface area contributed by atoms with E-state index in [1.807, 2.05) is 25.1 Å². The molecule has 0 amide bonds. The minimum absolute atomic E-state index is 0.880. The lowest BCUT2D eigenvalue weighted by molar-refractivity contribution is 0.890. The molecule has 3 nitrogen and oxygen atoms in total. The SMILES string of the molecule is Cc1ccc2nn(S)nc2c1. The summed E-state index contributed by atoms with van der Waals surface area (Å²) in [7, 11) is 0. The number of hydrogen-bond donors (Lipinski definition) is 1. The van der Waals surface area contributed by atoms with Crippen LogP contribution in [-0.2, 0) is 0 Å². The van der Waals surface area contributed by atoms with E-state index < -0.39 is 0 Å². The highest BCUT2D eigenvalue weighted by molar-refractivity contribution is 7.78. The minimum atomic E-state index is 0.880. The molecule has 4 heteroatoms. The van der Waals surface area contributed by atoms with Crippen molar-refractivity contribution in [2.45, 2.75) is 6.92 Å². The average Bonchev–Trinajstić information content (AvgIpc) is 2.27. The van der Waals surface area contributed by atoms with Crippen molar-refractivity contribution in [3.8, 4) is 0 Å². The van der Waals surface area contributed by atoms with E-state index in [2.05, 4.69) is 23.0 Å². The molecule has 0 saturated heterocycles. The Kier molecular flexibility index (Phi) is 1.35. The van der Waals surface area contributed by atoms with E-state index in [0.29, 0.717) is 0 Å². The van der Waals surface area contributed by atoms with Gasteiger partial charge < -0.3 is 0 Å². The third-order valence-electron chi connectivity index (χ3n) is 1.53. The number of rotatable bonds is 0. The number of hydrogen-bond acceptors (Lipinski definition) is 3. The molecule has 1 aromatic heterocycles. The van der Waals surface area contributed by atoms with Gasteiger partial charge in [0.15, 0.2) is 0 Å². The standard InChI is InChI=1S/C7H7N3S/c1-5-2-3-6-7(4-5)9-10(11)8-6/h2-4,11H,1H3. The molecular weight excluding hydrogens is 158 g/mol. The van der Waals surface area contributed by atoms with Crippen LogP contribution in [0.1, 0.15) is 5.56 Å². The van der Waals surface area contributed by atoms with E-state index in [4.69, 9.17) is 0 Å². The van der Waals surface area contributed by atoms with Gasteiger partial charge in [-0.2, -0.15) is 0 Å².